The van der Waals surface area contributed by atoms with Crippen LogP contribution in [0.15, 0.2) is 6.20 Å². The minimum absolute atomic E-state index is 0.267. The molecule has 19 heavy (non-hydrogen) atoms. The van der Waals surface area contributed by atoms with Crippen LogP contribution in [-0.4, -0.2) is 41.8 Å². The molecule has 1 saturated heterocycles. The monoisotopic (exact) mass is 285 g/mol. The van der Waals surface area contributed by atoms with Crippen molar-refractivity contribution in [2.24, 2.45) is 5.92 Å². The van der Waals surface area contributed by atoms with Gasteiger partial charge in [-0.3, -0.25) is 5.10 Å². The third-order valence-electron chi connectivity index (χ3n) is 3.76. The number of piperidine rings is 1. The summed E-state index contributed by atoms with van der Waals surface area (Å²) in [7, 11) is -3.05. The summed E-state index contributed by atoms with van der Waals surface area (Å²) in [5.41, 5.74) is 2.30. The van der Waals surface area contributed by atoms with Crippen molar-refractivity contribution in [3.63, 3.8) is 0 Å². The number of aromatic amines is 1. The molecule has 1 aliphatic heterocycles. The average molecular weight is 285 g/mol. The highest BCUT2D eigenvalue weighted by molar-refractivity contribution is 7.89. The van der Waals surface area contributed by atoms with E-state index in [1.54, 1.807) is 4.31 Å². The second kappa shape index (κ2) is 6.05. The molecule has 0 amide bonds. The van der Waals surface area contributed by atoms with Crippen molar-refractivity contribution in [2.45, 2.75) is 39.5 Å². The topological polar surface area (TPSA) is 66.1 Å². The maximum atomic E-state index is 12.1. The van der Waals surface area contributed by atoms with Gasteiger partial charge in [-0.15, -0.1) is 0 Å². The summed E-state index contributed by atoms with van der Waals surface area (Å²) in [5, 5.41) is 7.04. The van der Waals surface area contributed by atoms with Crippen molar-refractivity contribution in [3.05, 3.63) is 17.5 Å². The largest absolute Gasteiger partial charge is 0.282 e. The van der Waals surface area contributed by atoms with Gasteiger partial charge in [-0.2, -0.15) is 5.10 Å². The maximum absolute atomic E-state index is 12.1. The summed E-state index contributed by atoms with van der Waals surface area (Å²) in [6.07, 6.45) is 5.45. The number of hydrogen-bond donors (Lipinski definition) is 1. The Kier molecular flexibility index (Phi) is 4.62. The summed E-state index contributed by atoms with van der Waals surface area (Å²) in [4.78, 5) is 0. The highest BCUT2D eigenvalue weighted by Crippen LogP contribution is 2.23. The van der Waals surface area contributed by atoms with Crippen molar-refractivity contribution in [3.8, 4) is 0 Å². The number of H-pyrrole nitrogens is 1. The van der Waals surface area contributed by atoms with E-state index in [1.165, 1.54) is 0 Å². The lowest BCUT2D eigenvalue weighted by Crippen LogP contribution is -2.41. The van der Waals surface area contributed by atoms with Gasteiger partial charge < -0.3 is 0 Å². The first kappa shape index (κ1) is 14.5. The first-order valence-electron chi connectivity index (χ1n) is 6.99. The van der Waals surface area contributed by atoms with Gasteiger partial charge in [-0.25, -0.2) is 12.7 Å². The lowest BCUT2D eigenvalue weighted by molar-refractivity contribution is 0.264. The van der Waals surface area contributed by atoms with Gasteiger partial charge in [-0.1, -0.05) is 6.92 Å². The van der Waals surface area contributed by atoms with Gasteiger partial charge in [-0.05, 0) is 44.1 Å². The Morgan fingerprint density at radius 2 is 2.32 bits per heavy atom. The van der Waals surface area contributed by atoms with Crippen LogP contribution in [-0.2, 0) is 16.4 Å². The molecule has 1 unspecified atom stereocenters. The minimum atomic E-state index is -3.05. The molecule has 1 aliphatic rings. The highest BCUT2D eigenvalue weighted by Gasteiger charge is 2.28. The van der Waals surface area contributed by atoms with E-state index in [1.807, 2.05) is 20.0 Å². The molecule has 1 aromatic rings. The maximum Gasteiger partial charge on any atom is 0.214 e. The van der Waals surface area contributed by atoms with Crippen LogP contribution in [0.3, 0.4) is 0 Å². The quantitative estimate of drug-likeness (QED) is 0.895. The third kappa shape index (κ3) is 3.57. The van der Waals surface area contributed by atoms with Gasteiger partial charge >= 0.3 is 0 Å². The number of nitrogens with one attached hydrogen (secondary N) is 1. The Labute approximate surface area is 115 Å². The zero-order valence-corrected chi connectivity index (χ0v) is 12.5. The molecule has 5 nitrogen and oxygen atoms in total. The van der Waals surface area contributed by atoms with E-state index in [0.29, 0.717) is 25.4 Å². The van der Waals surface area contributed by atoms with Crippen LogP contribution < -0.4 is 0 Å². The Morgan fingerprint density at radius 3 is 2.95 bits per heavy atom. The molecule has 108 valence electrons. The Hall–Kier alpha value is -0.880. The third-order valence-corrected chi connectivity index (χ3v) is 5.81. The van der Waals surface area contributed by atoms with Crippen molar-refractivity contribution >= 4 is 10.0 Å². The molecule has 1 N–H and O–H groups in total. The fourth-order valence-corrected chi connectivity index (χ4v) is 4.32. The van der Waals surface area contributed by atoms with E-state index in [0.717, 1.165) is 30.5 Å². The van der Waals surface area contributed by atoms with E-state index in [-0.39, 0.29) is 5.75 Å². The van der Waals surface area contributed by atoms with Gasteiger partial charge in [0.05, 0.1) is 11.9 Å². The van der Waals surface area contributed by atoms with Gasteiger partial charge in [0, 0.05) is 18.8 Å². The van der Waals surface area contributed by atoms with Crippen LogP contribution in [0.1, 0.15) is 37.4 Å². The molecule has 0 aliphatic carbocycles. The average Bonchev–Trinajstić information content (AvgIpc) is 2.75. The lowest BCUT2D eigenvalue weighted by Gasteiger charge is -2.31. The fourth-order valence-electron chi connectivity index (χ4n) is 2.70. The smallest absolute Gasteiger partial charge is 0.214 e. The van der Waals surface area contributed by atoms with Crippen molar-refractivity contribution in [1.82, 2.24) is 14.5 Å². The fraction of sp³-hybridized carbons (Fsp3) is 0.769. The summed E-state index contributed by atoms with van der Waals surface area (Å²) >= 11 is 0. The van der Waals surface area contributed by atoms with Crippen LogP contribution in [0.4, 0.5) is 0 Å². The van der Waals surface area contributed by atoms with Gasteiger partial charge in [0.15, 0.2) is 0 Å². The number of aryl methyl sites for hydroxylation is 1. The van der Waals surface area contributed by atoms with Crippen LogP contribution in [0, 0.1) is 12.8 Å². The summed E-state index contributed by atoms with van der Waals surface area (Å²) in [6.45, 7) is 5.28. The highest BCUT2D eigenvalue weighted by atomic mass is 32.2. The van der Waals surface area contributed by atoms with E-state index >= 15 is 0 Å². The molecule has 6 heteroatoms. The van der Waals surface area contributed by atoms with Crippen molar-refractivity contribution in [1.29, 1.82) is 0 Å². The summed E-state index contributed by atoms with van der Waals surface area (Å²) in [6, 6.07) is 0. The number of aromatic nitrogens is 2. The zero-order chi connectivity index (χ0) is 13.9. The zero-order valence-electron chi connectivity index (χ0n) is 11.7. The van der Waals surface area contributed by atoms with Gasteiger partial charge in [0.2, 0.25) is 10.0 Å². The SMILES string of the molecule is CCCS(=O)(=O)N1CCCC(Cc2[nH]ncc2C)C1. The molecule has 1 fully saturated rings. The van der Waals surface area contributed by atoms with E-state index in [2.05, 4.69) is 10.2 Å². The molecule has 2 heterocycles. The lowest BCUT2D eigenvalue weighted by atomic mass is 9.94. The van der Waals surface area contributed by atoms with E-state index < -0.39 is 10.0 Å². The number of sulfonamides is 1. The molecule has 0 aromatic carbocycles. The molecule has 0 spiro atoms. The first-order valence-corrected chi connectivity index (χ1v) is 8.60. The van der Waals surface area contributed by atoms with E-state index in [4.69, 9.17) is 0 Å². The minimum Gasteiger partial charge on any atom is -0.282 e. The molecule has 1 atom stereocenters. The van der Waals surface area contributed by atoms with Crippen molar-refractivity contribution < 1.29 is 8.42 Å². The number of nitrogens with zero attached hydrogens (tertiary/aromatic N) is 2. The van der Waals surface area contributed by atoms with Crippen LogP contribution in [0.2, 0.25) is 0 Å². The number of rotatable bonds is 5. The summed E-state index contributed by atoms with van der Waals surface area (Å²) < 4.78 is 25.9. The van der Waals surface area contributed by atoms with E-state index in [9.17, 15) is 8.42 Å². The summed E-state index contributed by atoms with van der Waals surface area (Å²) in [5.74, 6) is 0.669. The normalized spacial score (nSPS) is 21.7. The Balaban J connectivity index is 2.00. The molecule has 1 aromatic heterocycles. The molecule has 0 radical (unpaired) electrons. The molecule has 2 rings (SSSR count). The number of hydrogen-bond acceptors (Lipinski definition) is 3. The first-order chi connectivity index (χ1) is 9.03. The van der Waals surface area contributed by atoms with Gasteiger partial charge in [0.25, 0.3) is 0 Å². The second-order valence-corrected chi connectivity index (χ2v) is 7.51. The predicted octanol–water partition coefficient (Wildman–Crippen LogP) is 1.71. The predicted molar refractivity (Wildman–Crippen MR) is 75.4 cm³/mol. The standard InChI is InChI=1S/C13H23N3O2S/c1-3-7-19(17,18)16-6-4-5-12(10-16)8-13-11(2)9-14-15-13/h9,12H,3-8,10H2,1-2H3,(H,14,15). The molecule has 0 bridgehead atoms. The molecular weight excluding hydrogens is 262 g/mol. The Bertz CT molecular complexity index is 510. The molecule has 0 saturated carbocycles. The second-order valence-electron chi connectivity index (χ2n) is 5.42. The Morgan fingerprint density at radius 1 is 1.53 bits per heavy atom. The van der Waals surface area contributed by atoms with Crippen molar-refractivity contribution in [2.75, 3.05) is 18.8 Å². The van der Waals surface area contributed by atoms with Crippen LogP contribution in [0.5, 0.6) is 0 Å². The van der Waals surface area contributed by atoms with Crippen LogP contribution in [0.25, 0.3) is 0 Å². The van der Waals surface area contributed by atoms with Crippen LogP contribution >= 0.6 is 0 Å². The van der Waals surface area contributed by atoms with Gasteiger partial charge in [0.1, 0.15) is 0 Å². The molecular formula is C13H23N3O2S.